The lowest BCUT2D eigenvalue weighted by Gasteiger charge is -2.01. The molecule has 0 fully saturated rings. The maximum absolute atomic E-state index is 3.92. The summed E-state index contributed by atoms with van der Waals surface area (Å²) in [6.45, 7) is 8.89. The third-order valence-electron chi connectivity index (χ3n) is 3.49. The van der Waals surface area contributed by atoms with Gasteiger partial charge in [-0.1, -0.05) is 45.9 Å². The summed E-state index contributed by atoms with van der Waals surface area (Å²) in [6.07, 6.45) is 7.98. The Balaban J connectivity index is 0.000000172. The monoisotopic (exact) mass is 297 g/mol. The number of nitrogens with one attached hydrogen (secondary N) is 2. The van der Waals surface area contributed by atoms with E-state index in [0.717, 1.165) is 18.8 Å². The Morgan fingerprint density at radius 3 is 2.32 bits per heavy atom. The summed E-state index contributed by atoms with van der Waals surface area (Å²) >= 11 is 0. The van der Waals surface area contributed by atoms with Crippen molar-refractivity contribution in [2.24, 2.45) is 11.8 Å². The van der Waals surface area contributed by atoms with Gasteiger partial charge in [-0.15, -0.1) is 0 Å². The number of aromatic nitrogens is 3. The fourth-order valence-corrected chi connectivity index (χ4v) is 2.58. The molecule has 0 atom stereocenters. The second-order valence-electron chi connectivity index (χ2n) is 6.63. The number of aromatic amines is 2. The summed E-state index contributed by atoms with van der Waals surface area (Å²) in [7, 11) is 0. The van der Waals surface area contributed by atoms with Crippen LogP contribution in [-0.2, 0) is 12.8 Å². The largest absolute Gasteiger partial charge is 0.361 e. The Kier molecular flexibility index (Phi) is 5.82. The van der Waals surface area contributed by atoms with Gasteiger partial charge in [0.2, 0.25) is 0 Å². The molecule has 2 N–H and O–H groups in total. The Labute approximate surface area is 133 Å². The van der Waals surface area contributed by atoms with Crippen molar-refractivity contribution < 1.29 is 0 Å². The summed E-state index contributed by atoms with van der Waals surface area (Å²) < 4.78 is 0. The van der Waals surface area contributed by atoms with Crippen LogP contribution in [0.4, 0.5) is 0 Å². The molecular formula is C19H27N3. The molecule has 3 heteroatoms. The van der Waals surface area contributed by atoms with Crippen molar-refractivity contribution in [1.29, 1.82) is 0 Å². The number of rotatable bonds is 4. The van der Waals surface area contributed by atoms with E-state index in [2.05, 4.69) is 73.1 Å². The van der Waals surface area contributed by atoms with E-state index in [1.54, 1.807) is 6.33 Å². The zero-order valence-corrected chi connectivity index (χ0v) is 14.1. The summed E-state index contributed by atoms with van der Waals surface area (Å²) in [5, 5.41) is 1.37. The van der Waals surface area contributed by atoms with Gasteiger partial charge in [-0.05, 0) is 36.3 Å². The molecule has 118 valence electrons. The highest BCUT2D eigenvalue weighted by molar-refractivity contribution is 5.83. The molecule has 0 saturated heterocycles. The molecule has 2 heterocycles. The summed E-state index contributed by atoms with van der Waals surface area (Å²) in [6, 6.07) is 8.47. The van der Waals surface area contributed by atoms with Crippen molar-refractivity contribution >= 4 is 10.9 Å². The number of fused-ring (bicyclic) bond motifs is 1. The first-order chi connectivity index (χ1) is 10.6. The minimum atomic E-state index is 0.713. The average Bonchev–Trinajstić information content (AvgIpc) is 3.09. The quantitative estimate of drug-likeness (QED) is 0.701. The third kappa shape index (κ3) is 4.76. The maximum atomic E-state index is 3.92. The summed E-state index contributed by atoms with van der Waals surface area (Å²) in [5.41, 5.74) is 3.91. The van der Waals surface area contributed by atoms with Crippen molar-refractivity contribution in [3.63, 3.8) is 0 Å². The Bertz CT molecular complexity index is 663. The predicted octanol–water partition coefficient (Wildman–Crippen LogP) is 4.97. The minimum Gasteiger partial charge on any atom is -0.361 e. The van der Waals surface area contributed by atoms with Crippen LogP contribution in [0.15, 0.2) is 43.0 Å². The standard InChI is InChI=1S/C12H15N.C7H12N2/c1-9(2)7-10-8-13-12-6-4-3-5-11(10)12;1-6(2)3-7-4-8-5-9-7/h3-6,8-9,13H,7H2,1-2H3;4-6H,3H2,1-2H3,(H,8,9). The van der Waals surface area contributed by atoms with Crippen LogP contribution in [0.5, 0.6) is 0 Å². The van der Waals surface area contributed by atoms with Crippen molar-refractivity contribution in [2.45, 2.75) is 40.5 Å². The SMILES string of the molecule is CC(C)Cc1c[nH]c2ccccc12.CC(C)Cc1cnc[nH]1. The van der Waals surface area contributed by atoms with Crippen LogP contribution < -0.4 is 0 Å². The molecule has 0 unspecified atom stereocenters. The predicted molar refractivity (Wildman–Crippen MR) is 94.0 cm³/mol. The van der Waals surface area contributed by atoms with Crippen molar-refractivity contribution in [3.05, 3.63) is 54.2 Å². The zero-order chi connectivity index (χ0) is 15.9. The fourth-order valence-electron chi connectivity index (χ4n) is 2.58. The lowest BCUT2D eigenvalue weighted by Crippen LogP contribution is -1.92. The second-order valence-corrected chi connectivity index (χ2v) is 6.63. The summed E-state index contributed by atoms with van der Waals surface area (Å²) in [5.74, 6) is 1.43. The molecule has 0 aliphatic carbocycles. The smallest absolute Gasteiger partial charge is 0.0921 e. The molecule has 0 aliphatic rings. The normalized spacial score (nSPS) is 11.0. The van der Waals surface area contributed by atoms with Gasteiger partial charge in [-0.3, -0.25) is 0 Å². The van der Waals surface area contributed by atoms with Gasteiger partial charge in [0.15, 0.2) is 0 Å². The first-order valence-electron chi connectivity index (χ1n) is 8.08. The highest BCUT2D eigenvalue weighted by Gasteiger charge is 2.03. The summed E-state index contributed by atoms with van der Waals surface area (Å²) in [4.78, 5) is 10.3. The molecule has 1 aromatic carbocycles. The number of hydrogen-bond donors (Lipinski definition) is 2. The van der Waals surface area contributed by atoms with Gasteiger partial charge in [-0.2, -0.15) is 0 Å². The first-order valence-corrected chi connectivity index (χ1v) is 8.08. The lowest BCUT2D eigenvalue weighted by atomic mass is 10.0. The van der Waals surface area contributed by atoms with E-state index >= 15 is 0 Å². The number of benzene rings is 1. The topological polar surface area (TPSA) is 44.5 Å². The highest BCUT2D eigenvalue weighted by Crippen LogP contribution is 2.20. The molecule has 3 rings (SSSR count). The van der Waals surface area contributed by atoms with Gasteiger partial charge in [0.1, 0.15) is 0 Å². The molecule has 0 amide bonds. The number of imidazole rings is 1. The number of H-pyrrole nitrogens is 2. The fraction of sp³-hybridized carbons (Fsp3) is 0.421. The molecule has 0 bridgehead atoms. The van der Waals surface area contributed by atoms with Gasteiger partial charge in [0, 0.05) is 29.0 Å². The van der Waals surface area contributed by atoms with E-state index in [9.17, 15) is 0 Å². The second kappa shape index (κ2) is 7.83. The van der Waals surface area contributed by atoms with Gasteiger partial charge < -0.3 is 9.97 Å². The van der Waals surface area contributed by atoms with Gasteiger partial charge in [0.25, 0.3) is 0 Å². The van der Waals surface area contributed by atoms with Crippen LogP contribution in [0.2, 0.25) is 0 Å². The highest BCUT2D eigenvalue weighted by atomic mass is 14.9. The Morgan fingerprint density at radius 2 is 1.68 bits per heavy atom. The molecule has 22 heavy (non-hydrogen) atoms. The molecule has 3 nitrogen and oxygen atoms in total. The maximum Gasteiger partial charge on any atom is 0.0921 e. The molecule has 0 saturated carbocycles. The Morgan fingerprint density at radius 1 is 0.955 bits per heavy atom. The molecule has 0 radical (unpaired) electrons. The average molecular weight is 297 g/mol. The van der Waals surface area contributed by atoms with E-state index in [1.807, 2.05) is 6.20 Å². The molecule has 0 spiro atoms. The molecular weight excluding hydrogens is 270 g/mol. The zero-order valence-electron chi connectivity index (χ0n) is 14.1. The van der Waals surface area contributed by atoms with Crippen LogP contribution in [0.25, 0.3) is 10.9 Å². The molecule has 0 aliphatic heterocycles. The number of para-hydroxylation sites is 1. The Hall–Kier alpha value is -2.03. The van der Waals surface area contributed by atoms with Crippen LogP contribution in [0, 0.1) is 11.8 Å². The van der Waals surface area contributed by atoms with Crippen molar-refractivity contribution in [1.82, 2.24) is 15.0 Å². The molecule has 2 aromatic heterocycles. The van der Waals surface area contributed by atoms with E-state index < -0.39 is 0 Å². The van der Waals surface area contributed by atoms with Gasteiger partial charge >= 0.3 is 0 Å². The van der Waals surface area contributed by atoms with Crippen molar-refractivity contribution in [3.8, 4) is 0 Å². The van der Waals surface area contributed by atoms with E-state index in [-0.39, 0.29) is 0 Å². The van der Waals surface area contributed by atoms with E-state index in [4.69, 9.17) is 0 Å². The van der Waals surface area contributed by atoms with Gasteiger partial charge in [-0.25, -0.2) is 4.98 Å². The van der Waals surface area contributed by atoms with Crippen LogP contribution in [0.1, 0.15) is 39.0 Å². The number of nitrogens with zero attached hydrogens (tertiary/aromatic N) is 1. The number of hydrogen-bond acceptors (Lipinski definition) is 1. The third-order valence-corrected chi connectivity index (χ3v) is 3.49. The van der Waals surface area contributed by atoms with E-state index in [1.165, 1.54) is 22.2 Å². The van der Waals surface area contributed by atoms with Crippen molar-refractivity contribution in [2.75, 3.05) is 0 Å². The van der Waals surface area contributed by atoms with Crippen LogP contribution in [0.3, 0.4) is 0 Å². The van der Waals surface area contributed by atoms with Gasteiger partial charge in [0.05, 0.1) is 6.33 Å². The minimum absolute atomic E-state index is 0.713. The van der Waals surface area contributed by atoms with E-state index in [0.29, 0.717) is 5.92 Å². The molecule has 3 aromatic rings. The first kappa shape index (κ1) is 16.3. The van der Waals surface area contributed by atoms with Crippen LogP contribution >= 0.6 is 0 Å². The lowest BCUT2D eigenvalue weighted by molar-refractivity contribution is 0.637. The van der Waals surface area contributed by atoms with Crippen LogP contribution in [-0.4, -0.2) is 15.0 Å².